The van der Waals surface area contributed by atoms with Gasteiger partial charge in [0.1, 0.15) is 5.60 Å². The predicted octanol–water partition coefficient (Wildman–Crippen LogP) is 3.72. The molecule has 5 atom stereocenters. The van der Waals surface area contributed by atoms with Crippen molar-refractivity contribution in [1.82, 2.24) is 5.16 Å². The fourth-order valence-electron chi connectivity index (χ4n) is 6.72. The van der Waals surface area contributed by atoms with E-state index in [-0.39, 0.29) is 25.4 Å². The second-order valence-corrected chi connectivity index (χ2v) is 10.4. The molecule has 9 nitrogen and oxygen atoms in total. The van der Waals surface area contributed by atoms with E-state index in [2.05, 4.69) is 11.2 Å². The molecule has 2 amide bonds. The standard InChI is InChI=1S/C29H23N3O6/c1-28-22(33)14-29(38-28,12-13-36-25-19-8-4-5-9-21(19)37-31-25)24-23(28)26(34)32(27(24)35)20-11-10-16(15-30)17-6-2-3-7-18(17)20/h2-11,22-24,33H,12-14H2,1H3/t22-,23-,24+,28?,29?/m1/s1. The van der Waals surface area contributed by atoms with Crippen LogP contribution in [-0.2, 0) is 14.3 Å². The summed E-state index contributed by atoms with van der Waals surface area (Å²) in [6.45, 7) is 1.87. The van der Waals surface area contributed by atoms with Crippen LogP contribution in [0.1, 0.15) is 25.3 Å². The molecule has 3 aromatic carbocycles. The van der Waals surface area contributed by atoms with Crippen LogP contribution >= 0.6 is 0 Å². The van der Waals surface area contributed by atoms with Gasteiger partial charge < -0.3 is 19.1 Å². The monoisotopic (exact) mass is 509 g/mol. The third-order valence-corrected chi connectivity index (χ3v) is 8.49. The summed E-state index contributed by atoms with van der Waals surface area (Å²) in [5.41, 5.74) is -0.772. The summed E-state index contributed by atoms with van der Waals surface area (Å²) >= 11 is 0. The van der Waals surface area contributed by atoms with E-state index in [0.29, 0.717) is 33.5 Å². The van der Waals surface area contributed by atoms with E-state index in [1.807, 2.05) is 30.3 Å². The summed E-state index contributed by atoms with van der Waals surface area (Å²) < 4.78 is 17.6. The van der Waals surface area contributed by atoms with Gasteiger partial charge >= 0.3 is 0 Å². The van der Waals surface area contributed by atoms with Gasteiger partial charge in [-0.3, -0.25) is 9.59 Å². The lowest BCUT2D eigenvalue weighted by Crippen LogP contribution is -2.49. The summed E-state index contributed by atoms with van der Waals surface area (Å²) in [5.74, 6) is -2.03. The molecule has 190 valence electrons. The molecule has 9 heteroatoms. The van der Waals surface area contributed by atoms with Gasteiger partial charge in [0, 0.05) is 23.6 Å². The molecule has 4 aromatic rings. The van der Waals surface area contributed by atoms with Gasteiger partial charge in [0.05, 0.1) is 52.9 Å². The molecule has 1 aromatic heterocycles. The fourth-order valence-corrected chi connectivity index (χ4v) is 6.72. The topological polar surface area (TPSA) is 126 Å². The number of benzene rings is 3. The lowest BCUT2D eigenvalue weighted by molar-refractivity contribution is -0.134. The smallest absolute Gasteiger partial charge is 0.262 e. The van der Waals surface area contributed by atoms with Gasteiger partial charge in [-0.1, -0.05) is 36.4 Å². The predicted molar refractivity (Wildman–Crippen MR) is 135 cm³/mol. The Morgan fingerprint density at radius 3 is 2.55 bits per heavy atom. The van der Waals surface area contributed by atoms with Crippen molar-refractivity contribution in [3.8, 4) is 11.9 Å². The van der Waals surface area contributed by atoms with Crippen molar-refractivity contribution in [1.29, 1.82) is 5.26 Å². The van der Waals surface area contributed by atoms with Crippen LogP contribution in [0.5, 0.6) is 5.88 Å². The first kappa shape index (κ1) is 22.9. The zero-order valence-electron chi connectivity index (χ0n) is 20.5. The second kappa shape index (κ2) is 7.87. The van der Waals surface area contributed by atoms with Crippen LogP contribution in [0.15, 0.2) is 65.2 Å². The van der Waals surface area contributed by atoms with Gasteiger partial charge in [-0.25, -0.2) is 4.90 Å². The summed E-state index contributed by atoms with van der Waals surface area (Å²) in [5, 5.41) is 26.6. The SMILES string of the molecule is CC12OC(CCOc3noc4ccccc34)(C[C@H]1O)[C@@H]1C(=O)N(c3ccc(C#N)c4ccccc34)C(=O)[C@@H]12. The molecule has 0 saturated carbocycles. The Morgan fingerprint density at radius 1 is 1.05 bits per heavy atom. The van der Waals surface area contributed by atoms with E-state index in [9.17, 15) is 20.0 Å². The average molecular weight is 510 g/mol. The number of fused-ring (bicyclic) bond motifs is 7. The van der Waals surface area contributed by atoms with Crippen molar-refractivity contribution >= 4 is 39.2 Å². The first-order valence-electron chi connectivity index (χ1n) is 12.5. The zero-order chi connectivity index (χ0) is 26.2. The molecular weight excluding hydrogens is 486 g/mol. The van der Waals surface area contributed by atoms with Crippen molar-refractivity contribution in [3.63, 3.8) is 0 Å². The Kier molecular flexibility index (Phi) is 4.74. The van der Waals surface area contributed by atoms with E-state index in [1.54, 1.807) is 37.3 Å². The molecule has 3 aliphatic rings. The maximum absolute atomic E-state index is 14.0. The highest BCUT2D eigenvalue weighted by Crippen LogP contribution is 2.62. The van der Waals surface area contributed by atoms with Gasteiger partial charge in [-0.2, -0.15) is 5.26 Å². The molecular formula is C29H23N3O6. The van der Waals surface area contributed by atoms with E-state index < -0.39 is 35.0 Å². The number of para-hydroxylation sites is 1. The number of rotatable bonds is 5. The number of hydrogen-bond acceptors (Lipinski definition) is 8. The Hall–Kier alpha value is -4.26. The van der Waals surface area contributed by atoms with E-state index in [1.165, 1.54) is 4.90 Å². The second-order valence-electron chi connectivity index (χ2n) is 10.4. The molecule has 1 N–H and O–H groups in total. The summed E-state index contributed by atoms with van der Waals surface area (Å²) in [6.07, 6.45) is -0.414. The summed E-state index contributed by atoms with van der Waals surface area (Å²) in [6, 6.07) is 20.0. The van der Waals surface area contributed by atoms with E-state index >= 15 is 0 Å². The van der Waals surface area contributed by atoms with Crippen LogP contribution < -0.4 is 9.64 Å². The minimum Gasteiger partial charge on any atom is -0.475 e. The van der Waals surface area contributed by atoms with E-state index in [0.717, 1.165) is 5.39 Å². The van der Waals surface area contributed by atoms with Crippen LogP contribution in [-0.4, -0.2) is 46.0 Å². The lowest BCUT2D eigenvalue weighted by Gasteiger charge is -2.33. The number of anilines is 1. The summed E-state index contributed by atoms with van der Waals surface area (Å²) in [7, 11) is 0. The highest BCUT2D eigenvalue weighted by atomic mass is 16.6. The number of hydrogen-bond donors (Lipinski definition) is 1. The molecule has 4 heterocycles. The number of nitrogens with zero attached hydrogens (tertiary/aromatic N) is 3. The maximum atomic E-state index is 14.0. The minimum atomic E-state index is -1.20. The van der Waals surface area contributed by atoms with Crippen LogP contribution in [0.4, 0.5) is 5.69 Å². The van der Waals surface area contributed by atoms with Crippen molar-refractivity contribution < 1.29 is 28.7 Å². The van der Waals surface area contributed by atoms with Crippen LogP contribution in [0, 0.1) is 23.2 Å². The minimum absolute atomic E-state index is 0.157. The number of amides is 2. The fraction of sp³-hybridized carbons (Fsp3) is 0.310. The van der Waals surface area contributed by atoms with Gasteiger partial charge in [-0.05, 0) is 36.3 Å². The molecule has 0 radical (unpaired) electrons. The first-order chi connectivity index (χ1) is 18.4. The number of carbonyl (C=O) groups is 2. The molecule has 2 bridgehead atoms. The van der Waals surface area contributed by atoms with Gasteiger partial charge in [-0.15, -0.1) is 0 Å². The lowest BCUT2D eigenvalue weighted by atomic mass is 9.66. The molecule has 7 rings (SSSR count). The summed E-state index contributed by atoms with van der Waals surface area (Å²) in [4.78, 5) is 29.1. The largest absolute Gasteiger partial charge is 0.475 e. The molecule has 3 fully saturated rings. The van der Waals surface area contributed by atoms with Gasteiger partial charge in [0.2, 0.25) is 11.8 Å². The number of imide groups is 1. The van der Waals surface area contributed by atoms with Crippen molar-refractivity contribution in [2.45, 2.75) is 37.1 Å². The number of nitriles is 1. The Morgan fingerprint density at radius 2 is 1.76 bits per heavy atom. The molecule has 0 spiro atoms. The molecule has 2 unspecified atom stereocenters. The van der Waals surface area contributed by atoms with Crippen LogP contribution in [0.25, 0.3) is 21.7 Å². The third-order valence-electron chi connectivity index (χ3n) is 8.49. The first-order valence-corrected chi connectivity index (χ1v) is 12.5. The quantitative estimate of drug-likeness (QED) is 0.404. The Balaban J connectivity index is 1.23. The number of carbonyl (C=O) groups excluding carboxylic acids is 2. The Bertz CT molecular complexity index is 1690. The third kappa shape index (κ3) is 2.90. The van der Waals surface area contributed by atoms with Gasteiger partial charge in [0.15, 0.2) is 5.58 Å². The molecule has 3 saturated heterocycles. The average Bonchev–Trinajstić information content (AvgIpc) is 3.61. The molecule has 3 aliphatic heterocycles. The normalized spacial score (nSPS) is 29.8. The van der Waals surface area contributed by atoms with Crippen molar-refractivity contribution in [3.05, 3.63) is 66.2 Å². The van der Waals surface area contributed by atoms with Gasteiger partial charge in [0.25, 0.3) is 5.88 Å². The van der Waals surface area contributed by atoms with Crippen LogP contribution in [0.2, 0.25) is 0 Å². The highest BCUT2D eigenvalue weighted by Gasteiger charge is 2.77. The van der Waals surface area contributed by atoms with Crippen molar-refractivity contribution in [2.24, 2.45) is 11.8 Å². The number of ether oxygens (including phenoxy) is 2. The number of aliphatic hydroxyl groups is 1. The number of aromatic nitrogens is 1. The molecule has 38 heavy (non-hydrogen) atoms. The molecule has 0 aliphatic carbocycles. The number of aliphatic hydroxyl groups excluding tert-OH is 1. The van der Waals surface area contributed by atoms with Crippen LogP contribution in [0.3, 0.4) is 0 Å². The highest BCUT2D eigenvalue weighted by molar-refractivity contribution is 6.26. The Labute approximate surface area is 217 Å². The van der Waals surface area contributed by atoms with E-state index in [4.69, 9.17) is 14.0 Å². The zero-order valence-corrected chi connectivity index (χ0v) is 20.5. The maximum Gasteiger partial charge on any atom is 0.262 e. The van der Waals surface area contributed by atoms with Crippen molar-refractivity contribution in [2.75, 3.05) is 11.5 Å².